The van der Waals surface area contributed by atoms with E-state index in [4.69, 9.17) is 4.74 Å². The third-order valence-electron chi connectivity index (χ3n) is 5.40. The Morgan fingerprint density at radius 3 is 2.77 bits per heavy atom. The Balaban J connectivity index is 1.31. The number of morpholine rings is 1. The summed E-state index contributed by atoms with van der Waals surface area (Å²) in [5.41, 5.74) is 1.41. The van der Waals surface area contributed by atoms with Gasteiger partial charge in [-0.2, -0.15) is 0 Å². The van der Waals surface area contributed by atoms with Crippen LogP contribution in [0, 0.1) is 5.92 Å². The Labute approximate surface area is 151 Å². The van der Waals surface area contributed by atoms with E-state index in [2.05, 4.69) is 14.9 Å². The zero-order valence-electron chi connectivity index (χ0n) is 14.9. The van der Waals surface area contributed by atoms with Gasteiger partial charge in [0.2, 0.25) is 5.91 Å². The van der Waals surface area contributed by atoms with Gasteiger partial charge in [0.15, 0.2) is 5.65 Å². The molecule has 0 saturated carbocycles. The molecule has 2 aliphatic heterocycles. The topological polar surface area (TPSA) is 83.5 Å². The van der Waals surface area contributed by atoms with Crippen LogP contribution in [0.2, 0.25) is 0 Å². The summed E-state index contributed by atoms with van der Waals surface area (Å²) in [5, 5.41) is 0. The van der Waals surface area contributed by atoms with Crippen molar-refractivity contribution in [3.05, 3.63) is 28.8 Å². The molecule has 0 bridgehead atoms. The first kappa shape index (κ1) is 17.2. The Hall–Kier alpha value is -2.19. The maximum Gasteiger partial charge on any atom is 0.327 e. The minimum atomic E-state index is -0.0939. The summed E-state index contributed by atoms with van der Waals surface area (Å²) in [7, 11) is 0. The number of rotatable bonds is 4. The van der Waals surface area contributed by atoms with Crippen LogP contribution in [0.25, 0.3) is 11.2 Å². The van der Waals surface area contributed by atoms with Crippen LogP contribution in [0.4, 0.5) is 0 Å². The van der Waals surface area contributed by atoms with Crippen molar-refractivity contribution < 1.29 is 9.53 Å². The second-order valence-electron chi connectivity index (χ2n) is 7.13. The summed E-state index contributed by atoms with van der Waals surface area (Å²) >= 11 is 0. The standard InChI is InChI=1S/C18H25N5O3/c24-16(22-8-10-26-11-9-22)13-21-6-3-14(4-7-21)12-23-17-15(20-18(23)25)2-1-5-19-17/h1-2,5,14H,3-4,6-13H2,(H,20,25). The van der Waals surface area contributed by atoms with Crippen LogP contribution in [0.1, 0.15) is 12.8 Å². The van der Waals surface area contributed by atoms with Crippen LogP contribution in [0.3, 0.4) is 0 Å². The predicted molar refractivity (Wildman–Crippen MR) is 96.9 cm³/mol. The highest BCUT2D eigenvalue weighted by molar-refractivity contribution is 5.78. The van der Waals surface area contributed by atoms with Gasteiger partial charge in [-0.05, 0) is 44.0 Å². The van der Waals surface area contributed by atoms with Gasteiger partial charge in [0.05, 0.1) is 25.3 Å². The summed E-state index contributed by atoms with van der Waals surface area (Å²) in [4.78, 5) is 35.9. The fraction of sp³-hybridized carbons (Fsp3) is 0.611. The molecule has 1 N–H and O–H groups in total. The molecule has 8 nitrogen and oxygen atoms in total. The van der Waals surface area contributed by atoms with Crippen LogP contribution >= 0.6 is 0 Å². The number of pyridine rings is 1. The number of nitrogens with zero attached hydrogens (tertiary/aromatic N) is 4. The van der Waals surface area contributed by atoms with Crippen molar-refractivity contribution in [3.8, 4) is 0 Å². The van der Waals surface area contributed by atoms with Crippen molar-refractivity contribution in [1.82, 2.24) is 24.3 Å². The number of H-pyrrole nitrogens is 1. The fourth-order valence-corrected chi connectivity index (χ4v) is 3.85. The Bertz CT molecular complexity index is 816. The lowest BCUT2D eigenvalue weighted by molar-refractivity contribution is -0.136. The zero-order chi connectivity index (χ0) is 17.9. The van der Waals surface area contributed by atoms with Crippen LogP contribution in [0.15, 0.2) is 23.1 Å². The first-order valence-electron chi connectivity index (χ1n) is 9.32. The van der Waals surface area contributed by atoms with Gasteiger partial charge >= 0.3 is 5.69 Å². The molecule has 0 unspecified atom stereocenters. The molecule has 0 atom stereocenters. The van der Waals surface area contributed by atoms with Crippen molar-refractivity contribution in [2.24, 2.45) is 5.92 Å². The minimum Gasteiger partial charge on any atom is -0.378 e. The number of carbonyl (C=O) groups excluding carboxylic acids is 1. The lowest BCUT2D eigenvalue weighted by atomic mass is 9.96. The molecular weight excluding hydrogens is 334 g/mol. The summed E-state index contributed by atoms with van der Waals surface area (Å²) < 4.78 is 7.05. The van der Waals surface area contributed by atoms with E-state index in [0.717, 1.165) is 37.1 Å². The maximum absolute atomic E-state index is 12.4. The van der Waals surface area contributed by atoms with Gasteiger partial charge in [0.1, 0.15) is 0 Å². The molecule has 0 aliphatic carbocycles. The lowest BCUT2D eigenvalue weighted by Gasteiger charge is -2.34. The van der Waals surface area contributed by atoms with Gasteiger partial charge in [0.25, 0.3) is 0 Å². The number of hydrogen-bond donors (Lipinski definition) is 1. The van der Waals surface area contributed by atoms with Crippen LogP contribution in [-0.4, -0.2) is 76.2 Å². The minimum absolute atomic E-state index is 0.0939. The van der Waals surface area contributed by atoms with E-state index < -0.39 is 0 Å². The highest BCUT2D eigenvalue weighted by Gasteiger charge is 2.25. The van der Waals surface area contributed by atoms with Crippen LogP contribution in [-0.2, 0) is 16.1 Å². The van der Waals surface area contributed by atoms with Gasteiger partial charge in [0, 0.05) is 25.8 Å². The summed E-state index contributed by atoms with van der Waals surface area (Å²) in [6.45, 7) is 5.64. The molecule has 4 heterocycles. The van der Waals surface area contributed by atoms with E-state index in [9.17, 15) is 9.59 Å². The van der Waals surface area contributed by atoms with Crippen molar-refractivity contribution in [2.75, 3.05) is 45.9 Å². The number of nitrogens with one attached hydrogen (secondary N) is 1. The number of carbonyl (C=O) groups is 1. The largest absolute Gasteiger partial charge is 0.378 e. The molecule has 2 aromatic heterocycles. The molecule has 140 valence electrons. The molecule has 4 rings (SSSR count). The molecule has 0 aromatic carbocycles. The van der Waals surface area contributed by atoms with Crippen LogP contribution < -0.4 is 5.69 Å². The SMILES string of the molecule is O=C(CN1CCC(Cn2c(=O)[nH]c3cccnc32)CC1)N1CCOCC1. The first-order valence-corrected chi connectivity index (χ1v) is 9.32. The van der Waals surface area contributed by atoms with Gasteiger partial charge in [-0.25, -0.2) is 9.78 Å². The van der Waals surface area contributed by atoms with Crippen molar-refractivity contribution in [2.45, 2.75) is 19.4 Å². The molecule has 2 fully saturated rings. The third kappa shape index (κ3) is 3.66. The highest BCUT2D eigenvalue weighted by Crippen LogP contribution is 2.20. The molecule has 2 aromatic rings. The number of ether oxygens (including phenoxy) is 1. The fourth-order valence-electron chi connectivity index (χ4n) is 3.85. The van der Waals surface area contributed by atoms with Crippen LogP contribution in [0.5, 0.6) is 0 Å². The number of hydrogen-bond acceptors (Lipinski definition) is 5. The summed E-state index contributed by atoms with van der Waals surface area (Å²) in [6.07, 6.45) is 3.69. The Kier molecular flexibility index (Phi) is 5.03. The van der Waals surface area contributed by atoms with Crippen molar-refractivity contribution in [1.29, 1.82) is 0 Å². The van der Waals surface area contributed by atoms with Gasteiger partial charge < -0.3 is 14.6 Å². The van der Waals surface area contributed by atoms with Gasteiger partial charge in [-0.1, -0.05) is 0 Å². The van der Waals surface area contributed by atoms with Crippen molar-refractivity contribution >= 4 is 17.1 Å². The highest BCUT2D eigenvalue weighted by atomic mass is 16.5. The maximum atomic E-state index is 12.4. The Morgan fingerprint density at radius 2 is 2.00 bits per heavy atom. The number of aromatic nitrogens is 3. The second kappa shape index (κ2) is 7.59. The quantitative estimate of drug-likeness (QED) is 0.849. The van der Waals surface area contributed by atoms with E-state index >= 15 is 0 Å². The van der Waals surface area contributed by atoms with Gasteiger partial charge in [-0.3, -0.25) is 14.3 Å². The number of imidazole rings is 1. The average Bonchev–Trinajstić information content (AvgIpc) is 2.99. The number of amides is 1. The molecule has 8 heteroatoms. The molecule has 1 amide bonds. The number of fused-ring (bicyclic) bond motifs is 1. The molecule has 26 heavy (non-hydrogen) atoms. The predicted octanol–water partition coefficient (Wildman–Crippen LogP) is 0.295. The van der Waals surface area contributed by atoms with E-state index in [0.29, 0.717) is 45.3 Å². The molecule has 0 spiro atoms. The van der Waals surface area contributed by atoms with E-state index in [-0.39, 0.29) is 11.6 Å². The Morgan fingerprint density at radius 1 is 1.23 bits per heavy atom. The summed E-state index contributed by atoms with van der Waals surface area (Å²) in [6, 6.07) is 3.70. The molecular formula is C18H25N5O3. The second-order valence-corrected chi connectivity index (χ2v) is 7.13. The first-order chi connectivity index (χ1) is 12.7. The number of piperidine rings is 1. The monoisotopic (exact) mass is 359 g/mol. The number of likely N-dealkylation sites (tertiary alicyclic amines) is 1. The van der Waals surface area contributed by atoms with Crippen molar-refractivity contribution in [3.63, 3.8) is 0 Å². The molecule has 2 aliphatic rings. The lowest BCUT2D eigenvalue weighted by Crippen LogP contribution is -2.47. The van der Waals surface area contributed by atoms with E-state index in [1.165, 1.54) is 0 Å². The summed E-state index contributed by atoms with van der Waals surface area (Å²) in [5.74, 6) is 0.632. The van der Waals surface area contributed by atoms with Gasteiger partial charge in [-0.15, -0.1) is 0 Å². The molecule has 2 saturated heterocycles. The zero-order valence-corrected chi connectivity index (χ0v) is 14.9. The van der Waals surface area contributed by atoms with E-state index in [1.807, 2.05) is 17.0 Å². The number of aromatic amines is 1. The molecule has 0 radical (unpaired) electrons. The van der Waals surface area contributed by atoms with E-state index in [1.54, 1.807) is 10.8 Å². The third-order valence-corrected chi connectivity index (χ3v) is 5.40. The average molecular weight is 359 g/mol. The smallest absolute Gasteiger partial charge is 0.327 e. The normalized spacial score (nSPS) is 19.9.